The van der Waals surface area contributed by atoms with Crippen molar-refractivity contribution in [3.63, 3.8) is 0 Å². The van der Waals surface area contributed by atoms with E-state index in [9.17, 15) is 4.79 Å². The maximum absolute atomic E-state index is 11.3. The molecule has 7 nitrogen and oxygen atoms in total. The van der Waals surface area contributed by atoms with E-state index in [4.69, 9.17) is 10.1 Å². The van der Waals surface area contributed by atoms with E-state index in [1.807, 2.05) is 78.5 Å². The molecule has 1 amide bonds. The van der Waals surface area contributed by atoms with Crippen molar-refractivity contribution in [1.29, 1.82) is 0 Å². The molecular formula is C23H22N6OS. The van der Waals surface area contributed by atoms with Crippen molar-refractivity contribution in [1.82, 2.24) is 19.7 Å². The Balaban J connectivity index is 1.68. The molecule has 0 fully saturated rings. The highest BCUT2D eigenvalue weighted by atomic mass is 32.2. The van der Waals surface area contributed by atoms with Gasteiger partial charge in [-0.2, -0.15) is 5.10 Å². The molecule has 0 atom stereocenters. The molecule has 0 bridgehead atoms. The Morgan fingerprint density at radius 3 is 2.55 bits per heavy atom. The normalized spacial score (nSPS) is 10.7. The first-order valence-corrected chi connectivity index (χ1v) is 10.9. The fourth-order valence-electron chi connectivity index (χ4n) is 3.30. The van der Waals surface area contributed by atoms with Crippen LogP contribution in [0.5, 0.6) is 0 Å². The van der Waals surface area contributed by atoms with Gasteiger partial charge in [0.2, 0.25) is 11.9 Å². The van der Waals surface area contributed by atoms with Crippen molar-refractivity contribution in [2.45, 2.75) is 18.9 Å². The molecule has 156 valence electrons. The van der Waals surface area contributed by atoms with Crippen LogP contribution in [-0.2, 0) is 4.79 Å². The molecule has 4 aromatic rings. The molecule has 2 aromatic heterocycles. The highest BCUT2D eigenvalue weighted by molar-refractivity contribution is 7.98. The number of anilines is 3. The topological polar surface area (TPSA) is 84.7 Å². The average Bonchev–Trinajstić information content (AvgIpc) is 3.10. The second-order valence-electron chi connectivity index (χ2n) is 6.87. The fourth-order valence-corrected chi connectivity index (χ4v) is 3.92. The zero-order valence-electron chi connectivity index (χ0n) is 17.5. The Kier molecular flexibility index (Phi) is 5.99. The number of carbonyl (C=O) groups is 1. The lowest BCUT2D eigenvalue weighted by molar-refractivity contribution is -0.114. The third-order valence-corrected chi connectivity index (χ3v) is 5.30. The first kappa shape index (κ1) is 20.6. The first-order valence-electron chi connectivity index (χ1n) is 9.72. The van der Waals surface area contributed by atoms with Crippen LogP contribution in [0, 0.1) is 6.92 Å². The molecule has 0 radical (unpaired) electrons. The van der Waals surface area contributed by atoms with Crippen LogP contribution in [0.25, 0.3) is 16.9 Å². The molecule has 0 saturated heterocycles. The summed E-state index contributed by atoms with van der Waals surface area (Å²) in [7, 11) is 0. The minimum absolute atomic E-state index is 0.120. The summed E-state index contributed by atoms with van der Waals surface area (Å²) in [6.45, 7) is 3.52. The highest BCUT2D eigenvalue weighted by Gasteiger charge is 2.18. The van der Waals surface area contributed by atoms with Gasteiger partial charge in [-0.25, -0.2) is 14.6 Å². The molecule has 4 rings (SSSR count). The number of nitrogens with one attached hydrogen (secondary N) is 2. The lowest BCUT2D eigenvalue weighted by Gasteiger charge is -2.09. The minimum atomic E-state index is -0.120. The number of para-hydroxylation sites is 1. The summed E-state index contributed by atoms with van der Waals surface area (Å²) >= 11 is 1.58. The van der Waals surface area contributed by atoms with Crippen LogP contribution in [-0.4, -0.2) is 31.9 Å². The maximum atomic E-state index is 11.3. The van der Waals surface area contributed by atoms with Crippen LogP contribution in [0.3, 0.4) is 0 Å². The monoisotopic (exact) mass is 430 g/mol. The van der Waals surface area contributed by atoms with Crippen LogP contribution >= 0.6 is 11.8 Å². The lowest BCUT2D eigenvalue weighted by atomic mass is 10.2. The molecule has 0 spiro atoms. The summed E-state index contributed by atoms with van der Waals surface area (Å²) in [5, 5.41) is 11.7. The summed E-state index contributed by atoms with van der Waals surface area (Å²) in [6.07, 6.45) is 3.74. The van der Waals surface area contributed by atoms with E-state index >= 15 is 0 Å². The smallest absolute Gasteiger partial charge is 0.227 e. The van der Waals surface area contributed by atoms with Crippen molar-refractivity contribution in [2.24, 2.45) is 0 Å². The van der Waals surface area contributed by atoms with Gasteiger partial charge in [0.15, 0.2) is 0 Å². The van der Waals surface area contributed by atoms with E-state index in [1.54, 1.807) is 18.0 Å². The number of amides is 1. The van der Waals surface area contributed by atoms with E-state index in [0.29, 0.717) is 11.6 Å². The van der Waals surface area contributed by atoms with E-state index in [-0.39, 0.29) is 5.91 Å². The van der Waals surface area contributed by atoms with Gasteiger partial charge in [-0.1, -0.05) is 24.3 Å². The van der Waals surface area contributed by atoms with Crippen LogP contribution in [0.15, 0.2) is 71.9 Å². The largest absolute Gasteiger partial charge is 0.326 e. The van der Waals surface area contributed by atoms with Crippen LogP contribution in [0.4, 0.5) is 17.3 Å². The first-order chi connectivity index (χ1) is 15.0. The zero-order valence-corrected chi connectivity index (χ0v) is 18.3. The van der Waals surface area contributed by atoms with E-state index in [1.165, 1.54) is 6.92 Å². The van der Waals surface area contributed by atoms with Crippen LogP contribution in [0.1, 0.15) is 12.6 Å². The number of rotatable bonds is 6. The highest BCUT2D eigenvalue weighted by Crippen LogP contribution is 2.33. The Hall–Kier alpha value is -3.65. The fraction of sp³-hybridized carbons (Fsp3) is 0.130. The minimum Gasteiger partial charge on any atom is -0.326 e. The molecule has 0 aliphatic heterocycles. The van der Waals surface area contributed by atoms with Crippen LogP contribution in [0.2, 0.25) is 0 Å². The van der Waals surface area contributed by atoms with Gasteiger partial charge in [0.25, 0.3) is 0 Å². The molecule has 31 heavy (non-hydrogen) atoms. The van der Waals surface area contributed by atoms with Gasteiger partial charge >= 0.3 is 0 Å². The molecule has 0 aliphatic rings. The zero-order chi connectivity index (χ0) is 21.8. The molecule has 2 heterocycles. The Morgan fingerprint density at radius 2 is 1.81 bits per heavy atom. The van der Waals surface area contributed by atoms with Gasteiger partial charge in [-0.3, -0.25) is 4.79 Å². The van der Waals surface area contributed by atoms with Crippen molar-refractivity contribution in [2.75, 3.05) is 16.9 Å². The number of thioether (sulfide) groups is 1. The predicted molar refractivity (Wildman–Crippen MR) is 125 cm³/mol. The van der Waals surface area contributed by atoms with E-state index < -0.39 is 0 Å². The number of carbonyl (C=O) groups excluding carboxylic acids is 1. The number of nitrogens with zero attached hydrogens (tertiary/aromatic N) is 4. The third-order valence-electron chi connectivity index (χ3n) is 4.63. The molecular weight excluding hydrogens is 408 g/mol. The quantitative estimate of drug-likeness (QED) is 0.416. The lowest BCUT2D eigenvalue weighted by Crippen LogP contribution is -2.06. The van der Waals surface area contributed by atoms with Gasteiger partial charge in [-0.05, 0) is 49.6 Å². The number of benzene rings is 2. The molecule has 2 aromatic carbocycles. The second-order valence-corrected chi connectivity index (χ2v) is 7.66. The molecule has 2 N–H and O–H groups in total. The van der Waals surface area contributed by atoms with Gasteiger partial charge in [0, 0.05) is 24.5 Å². The predicted octanol–water partition coefficient (Wildman–Crippen LogP) is 5.06. The van der Waals surface area contributed by atoms with Gasteiger partial charge in [0.1, 0.15) is 5.03 Å². The number of hydrogen-bond donors (Lipinski definition) is 2. The summed E-state index contributed by atoms with van der Waals surface area (Å²) in [5.74, 6) is 0.349. The molecule has 0 saturated carbocycles. The van der Waals surface area contributed by atoms with Gasteiger partial charge < -0.3 is 10.6 Å². The van der Waals surface area contributed by atoms with Crippen molar-refractivity contribution in [3.05, 3.63) is 72.6 Å². The Morgan fingerprint density at radius 1 is 1.03 bits per heavy atom. The summed E-state index contributed by atoms with van der Waals surface area (Å²) in [6, 6.07) is 19.4. The number of hydrogen-bond acceptors (Lipinski definition) is 6. The van der Waals surface area contributed by atoms with Crippen molar-refractivity contribution in [3.8, 4) is 16.9 Å². The van der Waals surface area contributed by atoms with Gasteiger partial charge in [0.05, 0.1) is 22.6 Å². The van der Waals surface area contributed by atoms with Crippen molar-refractivity contribution < 1.29 is 4.79 Å². The molecule has 8 heteroatoms. The average molecular weight is 431 g/mol. The second kappa shape index (κ2) is 9.01. The van der Waals surface area contributed by atoms with E-state index in [0.717, 1.165) is 33.4 Å². The van der Waals surface area contributed by atoms with Gasteiger partial charge in [-0.15, -0.1) is 11.8 Å². The van der Waals surface area contributed by atoms with E-state index in [2.05, 4.69) is 15.6 Å². The Labute approximate surface area is 184 Å². The number of aromatic nitrogens is 4. The summed E-state index contributed by atoms with van der Waals surface area (Å²) in [4.78, 5) is 20.4. The third kappa shape index (κ3) is 4.59. The summed E-state index contributed by atoms with van der Waals surface area (Å²) in [5.41, 5.74) is 5.27. The molecule has 0 unspecified atom stereocenters. The molecule has 0 aliphatic carbocycles. The van der Waals surface area contributed by atoms with Crippen molar-refractivity contribution >= 4 is 35.0 Å². The summed E-state index contributed by atoms with van der Waals surface area (Å²) < 4.78 is 1.94. The SMILES string of the molecule is CSc1nn(-c2ccccc2)c(C)c1-c1ccnc(Nc2cccc(NC(C)=O)c2)n1. The maximum Gasteiger partial charge on any atom is 0.227 e. The van der Waals surface area contributed by atoms with Crippen LogP contribution < -0.4 is 10.6 Å². The standard InChI is InChI=1S/C23H22N6OS/c1-15-21(22(31-3)28-29(15)19-10-5-4-6-11-19)20-12-13-24-23(27-20)26-18-9-7-8-17(14-18)25-16(2)30/h4-14H,1-3H3,(H,25,30)(H,24,26,27). The Bertz CT molecular complexity index is 1220.